The van der Waals surface area contributed by atoms with E-state index in [0.29, 0.717) is 23.0 Å². The van der Waals surface area contributed by atoms with Crippen LogP contribution in [0.5, 0.6) is 11.5 Å². The Morgan fingerprint density at radius 2 is 1.82 bits per heavy atom. The van der Waals surface area contributed by atoms with Crippen LogP contribution in [-0.4, -0.2) is 30.1 Å². The Morgan fingerprint density at radius 3 is 2.50 bits per heavy atom. The van der Waals surface area contributed by atoms with E-state index in [9.17, 15) is 4.79 Å². The molecule has 0 saturated heterocycles. The van der Waals surface area contributed by atoms with Gasteiger partial charge in [0.2, 0.25) is 0 Å². The van der Waals surface area contributed by atoms with Gasteiger partial charge in [-0.3, -0.25) is 4.79 Å². The molecule has 0 saturated carbocycles. The molecule has 144 valence electrons. The first-order chi connectivity index (χ1) is 13.6. The Bertz CT molecular complexity index is 958. The summed E-state index contributed by atoms with van der Waals surface area (Å²) in [5.74, 6) is 1.32. The van der Waals surface area contributed by atoms with Gasteiger partial charge in [-0.05, 0) is 30.2 Å². The zero-order valence-electron chi connectivity index (χ0n) is 16.0. The minimum atomic E-state index is -0.378. The molecule has 0 aliphatic carbocycles. The number of aromatic nitrogens is 2. The second-order valence-electron chi connectivity index (χ2n) is 5.94. The number of methoxy groups -OCH3 is 2. The average molecular weight is 378 g/mol. The molecule has 0 spiro atoms. The van der Waals surface area contributed by atoms with Gasteiger partial charge in [0.1, 0.15) is 23.0 Å². The van der Waals surface area contributed by atoms with Gasteiger partial charge in [-0.15, -0.1) is 0 Å². The Balaban J connectivity index is 1.72. The van der Waals surface area contributed by atoms with Crippen molar-refractivity contribution in [2.45, 2.75) is 13.3 Å². The average Bonchev–Trinajstić information content (AvgIpc) is 2.74. The van der Waals surface area contributed by atoms with Gasteiger partial charge in [0.15, 0.2) is 0 Å². The normalized spacial score (nSPS) is 10.2. The van der Waals surface area contributed by atoms with E-state index in [0.717, 1.165) is 12.1 Å². The molecule has 2 N–H and O–H groups in total. The standard InChI is InChI=1S/C21H22N4O3/c1-4-14-7-5-6-8-16(14)24-20-13-22-18(12-23-20)21(26)25-17-10-9-15(27-2)11-19(17)28-3/h5-13H,4H2,1-3H3,(H,23,24)(H,25,26). The van der Waals surface area contributed by atoms with Crippen LogP contribution >= 0.6 is 0 Å². The van der Waals surface area contributed by atoms with E-state index in [1.165, 1.54) is 25.1 Å². The third-order valence-corrected chi connectivity index (χ3v) is 4.20. The first kappa shape index (κ1) is 19.2. The molecule has 0 atom stereocenters. The van der Waals surface area contributed by atoms with Crippen molar-refractivity contribution >= 4 is 23.1 Å². The maximum atomic E-state index is 12.5. The number of rotatable bonds is 7. The molecule has 0 radical (unpaired) electrons. The highest BCUT2D eigenvalue weighted by Crippen LogP contribution is 2.29. The molecule has 0 aliphatic heterocycles. The van der Waals surface area contributed by atoms with E-state index in [-0.39, 0.29) is 11.6 Å². The molecule has 0 fully saturated rings. The molecular formula is C21H22N4O3. The summed E-state index contributed by atoms with van der Waals surface area (Å²) >= 11 is 0. The molecule has 1 heterocycles. The number of ether oxygens (including phenoxy) is 2. The SMILES string of the molecule is CCc1ccccc1Nc1cnc(C(=O)Nc2ccc(OC)cc2OC)cn1. The summed E-state index contributed by atoms with van der Waals surface area (Å²) in [5.41, 5.74) is 2.87. The molecule has 0 unspecified atom stereocenters. The molecule has 28 heavy (non-hydrogen) atoms. The van der Waals surface area contributed by atoms with Gasteiger partial charge in [-0.25, -0.2) is 9.97 Å². The highest BCUT2D eigenvalue weighted by Gasteiger charge is 2.13. The zero-order chi connectivity index (χ0) is 19.9. The lowest BCUT2D eigenvalue weighted by atomic mass is 10.1. The number of carbonyl (C=O) groups excluding carboxylic acids is 1. The number of aryl methyl sites for hydroxylation is 1. The van der Waals surface area contributed by atoms with Crippen LogP contribution in [0.3, 0.4) is 0 Å². The molecule has 0 aliphatic rings. The van der Waals surface area contributed by atoms with Crippen LogP contribution < -0.4 is 20.1 Å². The van der Waals surface area contributed by atoms with Crippen molar-refractivity contribution in [2.75, 3.05) is 24.9 Å². The van der Waals surface area contributed by atoms with Gasteiger partial charge in [-0.1, -0.05) is 25.1 Å². The highest BCUT2D eigenvalue weighted by atomic mass is 16.5. The molecule has 3 aromatic rings. The zero-order valence-corrected chi connectivity index (χ0v) is 16.0. The predicted molar refractivity (Wildman–Crippen MR) is 109 cm³/mol. The number of benzene rings is 2. The number of para-hydroxylation sites is 1. The van der Waals surface area contributed by atoms with Crippen molar-refractivity contribution in [2.24, 2.45) is 0 Å². The number of hydrogen-bond donors (Lipinski definition) is 2. The van der Waals surface area contributed by atoms with Gasteiger partial charge in [-0.2, -0.15) is 0 Å². The fraction of sp³-hybridized carbons (Fsp3) is 0.190. The minimum absolute atomic E-state index is 0.201. The molecule has 3 rings (SSSR count). The van der Waals surface area contributed by atoms with Gasteiger partial charge in [0, 0.05) is 11.8 Å². The summed E-state index contributed by atoms with van der Waals surface area (Å²) in [4.78, 5) is 21.0. The lowest BCUT2D eigenvalue weighted by molar-refractivity contribution is 0.102. The summed E-state index contributed by atoms with van der Waals surface area (Å²) in [7, 11) is 3.09. The maximum Gasteiger partial charge on any atom is 0.275 e. The van der Waals surface area contributed by atoms with Crippen molar-refractivity contribution < 1.29 is 14.3 Å². The molecular weight excluding hydrogens is 356 g/mol. The summed E-state index contributed by atoms with van der Waals surface area (Å²) in [6.45, 7) is 2.09. The topological polar surface area (TPSA) is 85.4 Å². The smallest absolute Gasteiger partial charge is 0.275 e. The number of amides is 1. The number of anilines is 3. The van der Waals surface area contributed by atoms with E-state index < -0.39 is 0 Å². The van der Waals surface area contributed by atoms with Crippen molar-refractivity contribution in [3.63, 3.8) is 0 Å². The van der Waals surface area contributed by atoms with Gasteiger partial charge < -0.3 is 20.1 Å². The summed E-state index contributed by atoms with van der Waals surface area (Å²) in [5, 5.41) is 6.01. The van der Waals surface area contributed by atoms with Crippen molar-refractivity contribution in [1.82, 2.24) is 9.97 Å². The molecule has 1 amide bonds. The van der Waals surface area contributed by atoms with Crippen LogP contribution in [-0.2, 0) is 6.42 Å². The van der Waals surface area contributed by atoms with Crippen molar-refractivity contribution in [3.05, 3.63) is 66.1 Å². The first-order valence-corrected chi connectivity index (χ1v) is 8.85. The maximum absolute atomic E-state index is 12.5. The third-order valence-electron chi connectivity index (χ3n) is 4.20. The van der Waals surface area contributed by atoms with E-state index in [1.807, 2.05) is 18.2 Å². The van der Waals surface area contributed by atoms with Crippen LogP contribution in [0.4, 0.5) is 17.2 Å². The van der Waals surface area contributed by atoms with Crippen molar-refractivity contribution in [3.8, 4) is 11.5 Å². The Kier molecular flexibility index (Phi) is 6.06. The van der Waals surface area contributed by atoms with E-state index >= 15 is 0 Å². The second kappa shape index (κ2) is 8.85. The molecule has 7 heteroatoms. The monoisotopic (exact) mass is 378 g/mol. The second-order valence-corrected chi connectivity index (χ2v) is 5.94. The number of nitrogens with one attached hydrogen (secondary N) is 2. The Hall–Kier alpha value is -3.61. The Morgan fingerprint density at radius 1 is 1.00 bits per heavy atom. The van der Waals surface area contributed by atoms with Crippen molar-refractivity contribution in [1.29, 1.82) is 0 Å². The van der Waals surface area contributed by atoms with E-state index in [1.54, 1.807) is 25.3 Å². The van der Waals surface area contributed by atoms with Crippen LogP contribution in [0.2, 0.25) is 0 Å². The van der Waals surface area contributed by atoms with Crippen LogP contribution in [0, 0.1) is 0 Å². The fourth-order valence-corrected chi connectivity index (χ4v) is 2.69. The number of nitrogens with zero attached hydrogens (tertiary/aromatic N) is 2. The number of carbonyl (C=O) groups is 1. The highest BCUT2D eigenvalue weighted by molar-refractivity contribution is 6.03. The van der Waals surface area contributed by atoms with Crippen LogP contribution in [0.25, 0.3) is 0 Å². The first-order valence-electron chi connectivity index (χ1n) is 8.85. The van der Waals surface area contributed by atoms with Gasteiger partial charge >= 0.3 is 0 Å². The Labute approximate surface area is 163 Å². The van der Waals surface area contributed by atoms with Gasteiger partial charge in [0.25, 0.3) is 5.91 Å². The van der Waals surface area contributed by atoms with E-state index in [4.69, 9.17) is 9.47 Å². The molecule has 7 nitrogen and oxygen atoms in total. The predicted octanol–water partition coefficient (Wildman–Crippen LogP) is 4.05. The lowest BCUT2D eigenvalue weighted by Crippen LogP contribution is -2.15. The van der Waals surface area contributed by atoms with Gasteiger partial charge in [0.05, 0.1) is 32.3 Å². The molecule has 1 aromatic heterocycles. The van der Waals surface area contributed by atoms with Crippen LogP contribution in [0.1, 0.15) is 23.0 Å². The third kappa shape index (κ3) is 4.37. The summed E-state index contributed by atoms with van der Waals surface area (Å²) < 4.78 is 10.4. The minimum Gasteiger partial charge on any atom is -0.497 e. The molecule has 0 bridgehead atoms. The summed E-state index contributed by atoms with van der Waals surface area (Å²) in [6, 6.07) is 13.1. The number of hydrogen-bond acceptors (Lipinski definition) is 6. The fourth-order valence-electron chi connectivity index (χ4n) is 2.69. The lowest BCUT2D eigenvalue weighted by Gasteiger charge is -2.12. The summed E-state index contributed by atoms with van der Waals surface area (Å²) in [6.07, 6.45) is 3.87. The van der Waals surface area contributed by atoms with Crippen LogP contribution in [0.15, 0.2) is 54.9 Å². The quantitative estimate of drug-likeness (QED) is 0.645. The molecule has 2 aromatic carbocycles. The van der Waals surface area contributed by atoms with E-state index in [2.05, 4.69) is 33.6 Å². The largest absolute Gasteiger partial charge is 0.497 e.